The number of aromatic nitrogens is 1. The van der Waals surface area contributed by atoms with Crippen molar-refractivity contribution in [3.8, 4) is 5.88 Å². The lowest BCUT2D eigenvalue weighted by Gasteiger charge is -2.10. The third kappa shape index (κ3) is 3.23. The number of carbonyl (C=O) groups excluding carboxylic acids is 1. The number of hydrogen-bond donors (Lipinski definition) is 0. The third-order valence-electron chi connectivity index (χ3n) is 1.61. The van der Waals surface area contributed by atoms with Crippen molar-refractivity contribution in [2.24, 2.45) is 0 Å². The zero-order valence-corrected chi connectivity index (χ0v) is 7.84. The fraction of sp³-hybridized carbons (Fsp3) is 0.333. The topological polar surface area (TPSA) is 39.2 Å². The van der Waals surface area contributed by atoms with E-state index in [4.69, 9.17) is 0 Å². The van der Waals surface area contributed by atoms with E-state index in [1.807, 2.05) is 0 Å². The fourth-order valence-electron chi connectivity index (χ4n) is 0.984. The van der Waals surface area contributed by atoms with Gasteiger partial charge in [-0.1, -0.05) is 6.92 Å². The quantitative estimate of drug-likeness (QED) is 0.733. The Labute approximate surface area is 83.9 Å². The summed E-state index contributed by atoms with van der Waals surface area (Å²) in [4.78, 5) is 14.6. The van der Waals surface area contributed by atoms with Crippen molar-refractivity contribution in [2.75, 3.05) is 0 Å². The Hall–Kier alpha value is -1.59. The first-order valence-electron chi connectivity index (χ1n) is 4.18. The van der Waals surface area contributed by atoms with Crippen molar-refractivity contribution in [3.63, 3.8) is 0 Å². The van der Waals surface area contributed by atoms with Crippen molar-refractivity contribution < 1.29 is 22.7 Å². The molecule has 0 unspecified atom stereocenters. The maximum absolute atomic E-state index is 11.9. The van der Waals surface area contributed by atoms with Gasteiger partial charge in [0, 0.05) is 12.6 Å². The standard InChI is InChI=1S/C9H8F3NO2/c1-2-7(14)6-4-3-5-13-8(6)15-9(10,11)12/h3-5H,2H2,1H3. The molecule has 1 aromatic rings. The summed E-state index contributed by atoms with van der Waals surface area (Å²) in [5.74, 6) is -1.14. The van der Waals surface area contributed by atoms with Crippen molar-refractivity contribution in [2.45, 2.75) is 19.7 Å². The Balaban J connectivity index is 3.02. The van der Waals surface area contributed by atoms with Gasteiger partial charge in [0.15, 0.2) is 5.78 Å². The first kappa shape index (κ1) is 11.5. The molecule has 0 atom stereocenters. The molecule has 15 heavy (non-hydrogen) atoms. The van der Waals surface area contributed by atoms with E-state index in [1.165, 1.54) is 12.1 Å². The van der Waals surface area contributed by atoms with Crippen LogP contribution in [0.25, 0.3) is 0 Å². The van der Waals surface area contributed by atoms with Crippen molar-refractivity contribution in [1.82, 2.24) is 4.98 Å². The van der Waals surface area contributed by atoms with E-state index >= 15 is 0 Å². The molecule has 0 aliphatic carbocycles. The average molecular weight is 219 g/mol. The monoisotopic (exact) mass is 219 g/mol. The van der Waals surface area contributed by atoms with Crippen LogP contribution < -0.4 is 4.74 Å². The van der Waals surface area contributed by atoms with Crippen LogP contribution in [-0.2, 0) is 0 Å². The Kier molecular flexibility index (Phi) is 3.28. The van der Waals surface area contributed by atoms with Gasteiger partial charge in [0.2, 0.25) is 5.88 Å². The Morgan fingerprint density at radius 3 is 2.73 bits per heavy atom. The van der Waals surface area contributed by atoms with Gasteiger partial charge in [-0.15, -0.1) is 13.2 Å². The Bertz CT molecular complexity index is 363. The molecule has 0 saturated carbocycles. The lowest BCUT2D eigenvalue weighted by molar-refractivity contribution is -0.276. The molecule has 1 heterocycles. The lowest BCUT2D eigenvalue weighted by atomic mass is 10.1. The molecular formula is C9H8F3NO2. The van der Waals surface area contributed by atoms with Crippen molar-refractivity contribution in [1.29, 1.82) is 0 Å². The van der Waals surface area contributed by atoms with E-state index in [9.17, 15) is 18.0 Å². The van der Waals surface area contributed by atoms with Crippen molar-refractivity contribution in [3.05, 3.63) is 23.9 Å². The van der Waals surface area contributed by atoms with Crippen LogP contribution in [0, 0.1) is 0 Å². The van der Waals surface area contributed by atoms with Gasteiger partial charge in [0.05, 0.1) is 5.56 Å². The van der Waals surface area contributed by atoms with Crippen molar-refractivity contribution >= 4 is 5.78 Å². The summed E-state index contributed by atoms with van der Waals surface area (Å²) in [5.41, 5.74) is -0.155. The molecule has 0 N–H and O–H groups in total. The van der Waals surface area contributed by atoms with E-state index in [-0.39, 0.29) is 12.0 Å². The number of nitrogens with zero attached hydrogens (tertiary/aromatic N) is 1. The molecule has 1 aromatic heterocycles. The van der Waals surface area contributed by atoms with E-state index in [1.54, 1.807) is 6.92 Å². The van der Waals surface area contributed by atoms with Crippen LogP contribution >= 0.6 is 0 Å². The number of hydrogen-bond acceptors (Lipinski definition) is 3. The number of Topliss-reactive ketones (excluding diaryl/α,β-unsaturated/α-hetero) is 1. The Morgan fingerprint density at radius 1 is 1.53 bits per heavy atom. The zero-order valence-electron chi connectivity index (χ0n) is 7.84. The second-order valence-corrected chi connectivity index (χ2v) is 2.68. The molecular weight excluding hydrogens is 211 g/mol. The highest BCUT2D eigenvalue weighted by molar-refractivity contribution is 5.97. The van der Waals surface area contributed by atoms with Gasteiger partial charge < -0.3 is 4.74 Å². The number of pyridine rings is 1. The van der Waals surface area contributed by atoms with Gasteiger partial charge in [0.1, 0.15) is 0 Å². The van der Waals surface area contributed by atoms with Gasteiger partial charge in [0.25, 0.3) is 0 Å². The number of rotatable bonds is 3. The van der Waals surface area contributed by atoms with Crippen LogP contribution in [0.1, 0.15) is 23.7 Å². The molecule has 0 fully saturated rings. The zero-order chi connectivity index (χ0) is 11.5. The van der Waals surface area contributed by atoms with E-state index in [0.29, 0.717) is 0 Å². The van der Waals surface area contributed by atoms with Gasteiger partial charge in [-0.05, 0) is 12.1 Å². The van der Waals surface area contributed by atoms with Crippen LogP contribution in [0.4, 0.5) is 13.2 Å². The smallest absolute Gasteiger partial charge is 0.387 e. The second-order valence-electron chi connectivity index (χ2n) is 2.68. The highest BCUT2D eigenvalue weighted by Gasteiger charge is 2.33. The van der Waals surface area contributed by atoms with Crippen LogP contribution in [0.5, 0.6) is 5.88 Å². The van der Waals surface area contributed by atoms with Crippen LogP contribution in [0.15, 0.2) is 18.3 Å². The van der Waals surface area contributed by atoms with E-state index < -0.39 is 18.0 Å². The maximum Gasteiger partial charge on any atom is 0.574 e. The molecule has 1 rings (SSSR count). The van der Waals surface area contributed by atoms with Gasteiger partial charge in [-0.3, -0.25) is 4.79 Å². The first-order chi connectivity index (χ1) is 6.94. The minimum Gasteiger partial charge on any atom is -0.387 e. The molecule has 0 spiro atoms. The molecule has 0 aliphatic rings. The predicted molar refractivity (Wildman–Crippen MR) is 45.5 cm³/mol. The largest absolute Gasteiger partial charge is 0.574 e. The molecule has 82 valence electrons. The summed E-state index contributed by atoms with van der Waals surface area (Å²) < 4.78 is 39.4. The van der Waals surface area contributed by atoms with Gasteiger partial charge >= 0.3 is 6.36 Å². The predicted octanol–water partition coefficient (Wildman–Crippen LogP) is 2.57. The summed E-state index contributed by atoms with van der Waals surface area (Å²) in [7, 11) is 0. The SMILES string of the molecule is CCC(=O)c1cccnc1OC(F)(F)F. The number of ketones is 1. The molecule has 0 aliphatic heterocycles. The normalized spacial score (nSPS) is 11.2. The number of alkyl halides is 3. The number of halogens is 3. The first-order valence-corrected chi connectivity index (χ1v) is 4.18. The highest BCUT2D eigenvalue weighted by atomic mass is 19.4. The highest BCUT2D eigenvalue weighted by Crippen LogP contribution is 2.24. The molecule has 0 saturated heterocycles. The maximum atomic E-state index is 11.9. The molecule has 0 aromatic carbocycles. The fourth-order valence-corrected chi connectivity index (χ4v) is 0.984. The van der Waals surface area contributed by atoms with Gasteiger partial charge in [-0.2, -0.15) is 0 Å². The molecule has 0 bridgehead atoms. The number of ether oxygens (including phenoxy) is 1. The summed E-state index contributed by atoms with van der Waals surface area (Å²) >= 11 is 0. The van der Waals surface area contributed by atoms with Crippen LogP contribution in [0.2, 0.25) is 0 Å². The minimum absolute atomic E-state index is 0.0971. The second kappa shape index (κ2) is 4.29. The summed E-state index contributed by atoms with van der Waals surface area (Å²) in [6, 6.07) is 2.63. The molecule has 6 heteroatoms. The summed E-state index contributed by atoms with van der Waals surface area (Å²) in [6.07, 6.45) is -3.61. The Morgan fingerprint density at radius 2 is 2.20 bits per heavy atom. The summed E-state index contributed by atoms with van der Waals surface area (Å²) in [5, 5.41) is 0. The molecule has 3 nitrogen and oxygen atoms in total. The van der Waals surface area contributed by atoms with Crippen LogP contribution in [0.3, 0.4) is 0 Å². The third-order valence-corrected chi connectivity index (χ3v) is 1.61. The van der Waals surface area contributed by atoms with Crippen LogP contribution in [-0.4, -0.2) is 17.1 Å². The average Bonchev–Trinajstić information content (AvgIpc) is 2.15. The van der Waals surface area contributed by atoms with E-state index in [2.05, 4.69) is 9.72 Å². The van der Waals surface area contributed by atoms with Gasteiger partial charge in [-0.25, -0.2) is 4.98 Å². The van der Waals surface area contributed by atoms with E-state index in [0.717, 1.165) is 6.20 Å². The molecule has 0 radical (unpaired) electrons. The molecule has 0 amide bonds. The number of carbonyl (C=O) groups is 1. The summed E-state index contributed by atoms with van der Waals surface area (Å²) in [6.45, 7) is 1.55. The minimum atomic E-state index is -4.84. The lowest BCUT2D eigenvalue weighted by Crippen LogP contribution is -2.19.